The van der Waals surface area contributed by atoms with Gasteiger partial charge in [-0.25, -0.2) is 0 Å². The van der Waals surface area contributed by atoms with E-state index in [0.717, 1.165) is 32.1 Å². The van der Waals surface area contributed by atoms with Gasteiger partial charge in [0.2, 0.25) is 5.91 Å². The van der Waals surface area contributed by atoms with Gasteiger partial charge < -0.3 is 10.1 Å². The molecule has 0 aromatic heterocycles. The van der Waals surface area contributed by atoms with Crippen LogP contribution in [0.2, 0.25) is 0 Å². The van der Waals surface area contributed by atoms with Crippen molar-refractivity contribution < 1.29 is 14.3 Å². The summed E-state index contributed by atoms with van der Waals surface area (Å²) < 4.78 is 5.35. The first-order valence-corrected chi connectivity index (χ1v) is 7.88. The highest BCUT2D eigenvalue weighted by atomic mass is 16.5. The zero-order valence-corrected chi connectivity index (χ0v) is 13.3. The van der Waals surface area contributed by atoms with Gasteiger partial charge in [0.15, 0.2) is 0 Å². The molecule has 1 N–H and O–H groups in total. The highest BCUT2D eigenvalue weighted by molar-refractivity contribution is 5.80. The number of amides is 1. The second-order valence-corrected chi connectivity index (χ2v) is 6.53. The summed E-state index contributed by atoms with van der Waals surface area (Å²) in [5, 5.41) is 2.93. The molecule has 1 aliphatic carbocycles. The Balaban J connectivity index is 2.25. The van der Waals surface area contributed by atoms with Gasteiger partial charge in [0.05, 0.1) is 12.5 Å². The van der Waals surface area contributed by atoms with E-state index in [1.54, 1.807) is 0 Å². The van der Waals surface area contributed by atoms with E-state index < -0.39 is 0 Å². The van der Waals surface area contributed by atoms with Crippen molar-refractivity contribution in [2.75, 3.05) is 0 Å². The zero-order valence-electron chi connectivity index (χ0n) is 13.3. The van der Waals surface area contributed by atoms with Crippen LogP contribution in [0.1, 0.15) is 66.2 Å². The van der Waals surface area contributed by atoms with Crippen LogP contribution in [-0.4, -0.2) is 24.0 Å². The summed E-state index contributed by atoms with van der Waals surface area (Å²) >= 11 is 0. The molecule has 1 aliphatic rings. The largest absolute Gasteiger partial charge is 0.463 e. The lowest BCUT2D eigenvalue weighted by Crippen LogP contribution is -2.38. The number of hydrogen-bond acceptors (Lipinski definition) is 3. The lowest BCUT2D eigenvalue weighted by Gasteiger charge is -2.19. The highest BCUT2D eigenvalue weighted by Gasteiger charge is 2.24. The Labute approximate surface area is 122 Å². The molecule has 0 saturated heterocycles. The quantitative estimate of drug-likeness (QED) is 0.731. The van der Waals surface area contributed by atoms with Gasteiger partial charge in [0.1, 0.15) is 0 Å². The molecular formula is C16H29NO3. The van der Waals surface area contributed by atoms with Crippen molar-refractivity contribution in [3.05, 3.63) is 0 Å². The van der Waals surface area contributed by atoms with E-state index in [4.69, 9.17) is 4.74 Å². The summed E-state index contributed by atoms with van der Waals surface area (Å²) in [4.78, 5) is 23.7. The Morgan fingerprint density at radius 2 is 1.75 bits per heavy atom. The Bertz CT molecular complexity index is 322. The monoisotopic (exact) mass is 283 g/mol. The number of carbonyl (C=O) groups excluding carboxylic acids is 2. The molecule has 2 atom stereocenters. The SMILES string of the molecule is CC(C)C[C@@H](C)OC(=O)C[C@@H](C)NC(=O)C1CCCC1. The number of esters is 1. The van der Waals surface area contributed by atoms with Gasteiger partial charge >= 0.3 is 5.97 Å². The van der Waals surface area contributed by atoms with Crippen LogP contribution >= 0.6 is 0 Å². The summed E-state index contributed by atoms with van der Waals surface area (Å²) in [5.41, 5.74) is 0. The molecule has 0 aromatic carbocycles. The topological polar surface area (TPSA) is 55.4 Å². The molecule has 0 radical (unpaired) electrons. The van der Waals surface area contributed by atoms with E-state index in [1.807, 2.05) is 13.8 Å². The molecule has 0 bridgehead atoms. The predicted molar refractivity (Wildman–Crippen MR) is 79.2 cm³/mol. The first-order valence-electron chi connectivity index (χ1n) is 7.88. The van der Waals surface area contributed by atoms with Gasteiger partial charge in [-0.05, 0) is 39.0 Å². The van der Waals surface area contributed by atoms with E-state index in [0.29, 0.717) is 5.92 Å². The first kappa shape index (κ1) is 17.0. The summed E-state index contributed by atoms with van der Waals surface area (Å²) in [6.07, 6.45) is 5.31. The molecule has 20 heavy (non-hydrogen) atoms. The van der Waals surface area contributed by atoms with Crippen LogP contribution in [0.5, 0.6) is 0 Å². The smallest absolute Gasteiger partial charge is 0.308 e. The maximum absolute atomic E-state index is 11.9. The highest BCUT2D eigenvalue weighted by Crippen LogP contribution is 2.24. The van der Waals surface area contributed by atoms with E-state index in [1.165, 1.54) is 0 Å². The molecular weight excluding hydrogens is 254 g/mol. The van der Waals surface area contributed by atoms with E-state index in [-0.39, 0.29) is 36.4 Å². The van der Waals surface area contributed by atoms with Crippen molar-refractivity contribution >= 4 is 11.9 Å². The summed E-state index contributed by atoms with van der Waals surface area (Å²) in [7, 11) is 0. The Morgan fingerprint density at radius 1 is 1.15 bits per heavy atom. The molecule has 0 spiro atoms. The number of nitrogens with one attached hydrogen (secondary N) is 1. The van der Waals surface area contributed by atoms with Crippen molar-refractivity contribution in [1.29, 1.82) is 0 Å². The maximum Gasteiger partial charge on any atom is 0.308 e. The lowest BCUT2D eigenvalue weighted by atomic mass is 10.1. The fourth-order valence-corrected chi connectivity index (χ4v) is 2.83. The molecule has 1 saturated carbocycles. The number of hydrogen-bond donors (Lipinski definition) is 1. The Kier molecular flexibility index (Phi) is 7.03. The van der Waals surface area contributed by atoms with Gasteiger partial charge in [-0.1, -0.05) is 26.7 Å². The molecule has 1 rings (SSSR count). The van der Waals surface area contributed by atoms with Crippen molar-refractivity contribution in [3.8, 4) is 0 Å². The van der Waals surface area contributed by atoms with E-state index >= 15 is 0 Å². The normalized spacial score (nSPS) is 18.9. The molecule has 1 amide bonds. The molecule has 0 unspecified atom stereocenters. The average Bonchev–Trinajstić information content (AvgIpc) is 2.79. The minimum absolute atomic E-state index is 0.0553. The summed E-state index contributed by atoms with van der Waals surface area (Å²) in [6.45, 7) is 7.99. The fraction of sp³-hybridized carbons (Fsp3) is 0.875. The summed E-state index contributed by atoms with van der Waals surface area (Å²) in [6, 6.07) is -0.151. The van der Waals surface area contributed by atoms with Crippen LogP contribution in [-0.2, 0) is 14.3 Å². The van der Waals surface area contributed by atoms with Crippen molar-refractivity contribution in [1.82, 2.24) is 5.32 Å². The molecule has 116 valence electrons. The molecule has 4 nitrogen and oxygen atoms in total. The molecule has 0 aromatic rings. The average molecular weight is 283 g/mol. The third-order valence-corrected chi connectivity index (χ3v) is 3.72. The van der Waals surface area contributed by atoms with Crippen molar-refractivity contribution in [3.63, 3.8) is 0 Å². The Morgan fingerprint density at radius 3 is 2.30 bits per heavy atom. The maximum atomic E-state index is 11.9. The standard InChI is InChI=1S/C16H29NO3/c1-11(2)9-13(4)20-15(18)10-12(3)17-16(19)14-7-5-6-8-14/h11-14H,5-10H2,1-4H3,(H,17,19)/t12-,13-/m1/s1. The van der Waals surface area contributed by atoms with E-state index in [9.17, 15) is 9.59 Å². The van der Waals surface area contributed by atoms with Gasteiger partial charge in [0, 0.05) is 12.0 Å². The number of ether oxygens (including phenoxy) is 1. The van der Waals surface area contributed by atoms with Gasteiger partial charge in [-0.3, -0.25) is 9.59 Å². The van der Waals surface area contributed by atoms with Crippen LogP contribution < -0.4 is 5.32 Å². The molecule has 0 heterocycles. The molecule has 4 heteroatoms. The minimum atomic E-state index is -0.225. The van der Waals surface area contributed by atoms with Crippen LogP contribution in [0.25, 0.3) is 0 Å². The van der Waals surface area contributed by atoms with Gasteiger partial charge in [-0.15, -0.1) is 0 Å². The van der Waals surface area contributed by atoms with Crippen LogP contribution in [0.3, 0.4) is 0 Å². The Hall–Kier alpha value is -1.06. The third-order valence-electron chi connectivity index (χ3n) is 3.72. The predicted octanol–water partition coefficient (Wildman–Crippen LogP) is 3.05. The van der Waals surface area contributed by atoms with E-state index in [2.05, 4.69) is 19.2 Å². The van der Waals surface area contributed by atoms with Crippen LogP contribution in [0.15, 0.2) is 0 Å². The van der Waals surface area contributed by atoms with Gasteiger partial charge in [0.25, 0.3) is 0 Å². The second-order valence-electron chi connectivity index (χ2n) is 6.53. The molecule has 1 fully saturated rings. The number of rotatable bonds is 7. The number of carbonyl (C=O) groups is 2. The second kappa shape index (κ2) is 8.28. The van der Waals surface area contributed by atoms with Crippen LogP contribution in [0, 0.1) is 11.8 Å². The van der Waals surface area contributed by atoms with Gasteiger partial charge in [-0.2, -0.15) is 0 Å². The third kappa shape index (κ3) is 6.40. The van der Waals surface area contributed by atoms with Crippen molar-refractivity contribution in [2.24, 2.45) is 11.8 Å². The minimum Gasteiger partial charge on any atom is -0.463 e. The molecule has 0 aliphatic heterocycles. The first-order chi connectivity index (χ1) is 9.38. The summed E-state index contributed by atoms with van der Waals surface area (Å²) in [5.74, 6) is 0.529. The fourth-order valence-electron chi connectivity index (χ4n) is 2.83. The zero-order chi connectivity index (χ0) is 15.1. The van der Waals surface area contributed by atoms with Crippen LogP contribution in [0.4, 0.5) is 0 Å². The van der Waals surface area contributed by atoms with Crippen molar-refractivity contribution in [2.45, 2.75) is 78.4 Å². The lowest BCUT2D eigenvalue weighted by molar-refractivity contribution is -0.149.